The van der Waals surface area contributed by atoms with Crippen molar-refractivity contribution in [3.8, 4) is 0 Å². The number of rotatable bonds is 5. The van der Waals surface area contributed by atoms with Crippen LogP contribution in [-0.2, 0) is 4.79 Å². The number of primary amides is 1. The number of carbonyl (C=O) groups is 1. The van der Waals surface area contributed by atoms with E-state index in [1.807, 2.05) is 6.92 Å². The summed E-state index contributed by atoms with van der Waals surface area (Å²) in [5.41, 5.74) is 5.19. The fraction of sp³-hybridized carbons (Fsp3) is 0.909. The zero-order valence-electron chi connectivity index (χ0n) is 9.50. The second kappa shape index (κ2) is 6.08. The molecule has 15 heavy (non-hydrogen) atoms. The molecule has 1 amide bonds. The monoisotopic (exact) mass is 214 g/mol. The zero-order chi connectivity index (χ0) is 11.3. The topological polar surface area (TPSA) is 70.6 Å². The van der Waals surface area contributed by atoms with Gasteiger partial charge in [0.2, 0.25) is 5.91 Å². The molecule has 0 aromatic rings. The molecule has 1 fully saturated rings. The van der Waals surface area contributed by atoms with Crippen LogP contribution in [0, 0.1) is 17.0 Å². The van der Waals surface area contributed by atoms with Crippen molar-refractivity contribution < 1.29 is 9.86 Å². The quantitative estimate of drug-likeness (QED) is 0.636. The lowest BCUT2D eigenvalue weighted by molar-refractivity contribution is -0.854. The Morgan fingerprint density at radius 2 is 2.13 bits per heavy atom. The summed E-state index contributed by atoms with van der Waals surface area (Å²) in [6, 6.07) is 0. The summed E-state index contributed by atoms with van der Waals surface area (Å²) < 4.78 is 0. The highest BCUT2D eigenvalue weighted by Crippen LogP contribution is 2.19. The third kappa shape index (κ3) is 4.62. The summed E-state index contributed by atoms with van der Waals surface area (Å²) in [7, 11) is 0. The summed E-state index contributed by atoms with van der Waals surface area (Å²) in [6.45, 7) is 3.40. The van der Waals surface area contributed by atoms with Crippen molar-refractivity contribution in [2.75, 3.05) is 13.1 Å². The summed E-state index contributed by atoms with van der Waals surface area (Å²) in [5.74, 6) is 0.492. The summed E-state index contributed by atoms with van der Waals surface area (Å²) in [5, 5.41) is 11.4. The third-order valence-electron chi connectivity index (χ3n) is 3.40. The molecule has 1 saturated heterocycles. The largest absolute Gasteiger partial charge is 0.634 e. The number of amides is 1. The van der Waals surface area contributed by atoms with Gasteiger partial charge in [0, 0.05) is 5.92 Å². The number of piperidine rings is 1. The SMILES string of the molecule is CC(CCCC1CC[NH+]([O-])CC1)C(N)=O. The molecule has 0 saturated carbocycles. The van der Waals surface area contributed by atoms with Gasteiger partial charge in [-0.05, 0) is 31.6 Å². The third-order valence-corrected chi connectivity index (χ3v) is 3.40. The maximum atomic E-state index is 11.0. The van der Waals surface area contributed by atoms with Crippen LogP contribution in [0.3, 0.4) is 0 Å². The molecule has 88 valence electrons. The Morgan fingerprint density at radius 3 is 2.67 bits per heavy atom. The van der Waals surface area contributed by atoms with Gasteiger partial charge in [-0.3, -0.25) is 4.79 Å². The zero-order valence-corrected chi connectivity index (χ0v) is 9.50. The Kier molecular flexibility index (Phi) is 5.05. The van der Waals surface area contributed by atoms with Gasteiger partial charge in [0.15, 0.2) is 0 Å². The molecule has 0 aromatic carbocycles. The van der Waals surface area contributed by atoms with Crippen LogP contribution in [0.2, 0.25) is 0 Å². The predicted molar refractivity (Wildman–Crippen MR) is 59.0 cm³/mol. The van der Waals surface area contributed by atoms with E-state index in [0.29, 0.717) is 11.0 Å². The Hall–Kier alpha value is -0.610. The van der Waals surface area contributed by atoms with Crippen molar-refractivity contribution in [3.63, 3.8) is 0 Å². The first kappa shape index (κ1) is 12.5. The van der Waals surface area contributed by atoms with E-state index in [4.69, 9.17) is 5.73 Å². The molecule has 1 heterocycles. The van der Waals surface area contributed by atoms with Gasteiger partial charge in [0.25, 0.3) is 0 Å². The normalized spacial score (nSPS) is 28.7. The van der Waals surface area contributed by atoms with Crippen molar-refractivity contribution >= 4 is 5.91 Å². The van der Waals surface area contributed by atoms with E-state index in [9.17, 15) is 10.0 Å². The number of hydrogen-bond acceptors (Lipinski definition) is 2. The number of hydrogen-bond donors (Lipinski definition) is 2. The molecule has 1 unspecified atom stereocenters. The van der Waals surface area contributed by atoms with Gasteiger partial charge in [-0.2, -0.15) is 0 Å². The Morgan fingerprint density at radius 1 is 1.53 bits per heavy atom. The Balaban J connectivity index is 2.07. The number of nitrogens with two attached hydrogens (primary N) is 1. The van der Waals surface area contributed by atoms with Gasteiger partial charge in [0.1, 0.15) is 0 Å². The van der Waals surface area contributed by atoms with Crippen LogP contribution in [0.25, 0.3) is 0 Å². The lowest BCUT2D eigenvalue weighted by atomic mass is 9.90. The van der Waals surface area contributed by atoms with Crippen molar-refractivity contribution in [1.82, 2.24) is 0 Å². The molecule has 4 nitrogen and oxygen atoms in total. The number of quaternary nitrogens is 1. The van der Waals surface area contributed by atoms with Crippen LogP contribution in [-0.4, -0.2) is 19.0 Å². The van der Waals surface area contributed by atoms with Crippen molar-refractivity contribution in [2.24, 2.45) is 17.6 Å². The van der Waals surface area contributed by atoms with Crippen LogP contribution in [0.15, 0.2) is 0 Å². The maximum Gasteiger partial charge on any atom is 0.220 e. The molecule has 0 bridgehead atoms. The molecule has 1 atom stereocenters. The summed E-state index contributed by atoms with van der Waals surface area (Å²) >= 11 is 0. The highest BCUT2D eigenvalue weighted by molar-refractivity contribution is 5.76. The molecule has 1 aliphatic heterocycles. The fourth-order valence-electron chi connectivity index (χ4n) is 2.14. The van der Waals surface area contributed by atoms with Gasteiger partial charge in [0.05, 0.1) is 13.1 Å². The van der Waals surface area contributed by atoms with E-state index in [1.54, 1.807) is 0 Å². The van der Waals surface area contributed by atoms with E-state index < -0.39 is 0 Å². The Labute approximate surface area is 91.4 Å². The van der Waals surface area contributed by atoms with Crippen LogP contribution >= 0.6 is 0 Å². The average molecular weight is 214 g/mol. The van der Waals surface area contributed by atoms with Crippen molar-refractivity contribution in [2.45, 2.75) is 39.0 Å². The van der Waals surface area contributed by atoms with Gasteiger partial charge in [-0.15, -0.1) is 0 Å². The smallest absolute Gasteiger partial charge is 0.220 e. The van der Waals surface area contributed by atoms with E-state index in [0.717, 1.165) is 45.2 Å². The molecule has 1 rings (SSSR count). The fourth-order valence-corrected chi connectivity index (χ4v) is 2.14. The minimum absolute atomic E-state index is 0.00442. The van der Waals surface area contributed by atoms with Crippen LogP contribution in [0.4, 0.5) is 0 Å². The van der Waals surface area contributed by atoms with Crippen LogP contribution in [0.5, 0.6) is 0 Å². The van der Waals surface area contributed by atoms with E-state index >= 15 is 0 Å². The molecule has 0 radical (unpaired) electrons. The lowest BCUT2D eigenvalue weighted by Gasteiger charge is -2.31. The standard InChI is InChI=1S/C11H22N2O2/c1-9(11(12)14)3-2-4-10-5-7-13(15)8-6-10/h9-10,13H,2-8H2,1H3,(H2,12,14). The van der Waals surface area contributed by atoms with E-state index in [1.165, 1.54) is 0 Å². The van der Waals surface area contributed by atoms with Gasteiger partial charge < -0.3 is 16.0 Å². The van der Waals surface area contributed by atoms with Gasteiger partial charge in [-0.25, -0.2) is 0 Å². The highest BCUT2D eigenvalue weighted by Gasteiger charge is 2.18. The van der Waals surface area contributed by atoms with Gasteiger partial charge in [-0.1, -0.05) is 13.3 Å². The number of hydroxylamine groups is 2. The first-order valence-corrected chi connectivity index (χ1v) is 5.90. The van der Waals surface area contributed by atoms with Crippen LogP contribution in [0.1, 0.15) is 39.0 Å². The average Bonchev–Trinajstić information content (AvgIpc) is 2.20. The van der Waals surface area contributed by atoms with Crippen molar-refractivity contribution in [1.29, 1.82) is 0 Å². The minimum Gasteiger partial charge on any atom is -0.634 e. The predicted octanol–water partition coefficient (Wildman–Crippen LogP) is 0.0708. The molecular weight excluding hydrogens is 192 g/mol. The molecule has 3 N–H and O–H groups in total. The van der Waals surface area contributed by atoms with Crippen LogP contribution < -0.4 is 10.8 Å². The van der Waals surface area contributed by atoms with Crippen molar-refractivity contribution in [3.05, 3.63) is 5.21 Å². The van der Waals surface area contributed by atoms with E-state index in [2.05, 4.69) is 0 Å². The highest BCUT2D eigenvalue weighted by atomic mass is 16.5. The number of nitrogens with one attached hydrogen (secondary N) is 1. The second-order valence-electron chi connectivity index (χ2n) is 4.72. The minimum atomic E-state index is -0.200. The number of carbonyl (C=O) groups excluding carboxylic acids is 1. The first-order valence-electron chi connectivity index (χ1n) is 5.90. The first-order chi connectivity index (χ1) is 7.09. The second-order valence-corrected chi connectivity index (χ2v) is 4.72. The lowest BCUT2D eigenvalue weighted by Crippen LogP contribution is -3.08. The molecule has 0 aromatic heterocycles. The molecule has 0 spiro atoms. The van der Waals surface area contributed by atoms with E-state index in [-0.39, 0.29) is 11.8 Å². The molecular formula is C11H22N2O2. The van der Waals surface area contributed by atoms with Gasteiger partial charge >= 0.3 is 0 Å². The Bertz CT molecular complexity index is 201. The molecule has 4 heteroatoms. The molecule has 0 aliphatic carbocycles. The maximum absolute atomic E-state index is 11.0. The molecule has 1 aliphatic rings. The summed E-state index contributed by atoms with van der Waals surface area (Å²) in [4.78, 5) is 10.8. The summed E-state index contributed by atoms with van der Waals surface area (Å²) in [6.07, 6.45) is 5.18.